The Morgan fingerprint density at radius 1 is 1.29 bits per heavy atom. The van der Waals surface area contributed by atoms with Crippen molar-refractivity contribution in [2.75, 3.05) is 7.05 Å². The van der Waals surface area contributed by atoms with Crippen LogP contribution in [0.1, 0.15) is 13.8 Å². The van der Waals surface area contributed by atoms with Crippen LogP contribution in [0.5, 0.6) is 0 Å². The zero-order valence-electron chi connectivity index (χ0n) is 5.01. The lowest BCUT2D eigenvalue weighted by molar-refractivity contribution is 0.216. The van der Waals surface area contributed by atoms with Crippen molar-refractivity contribution in [1.82, 2.24) is 0 Å². The van der Waals surface area contributed by atoms with E-state index < -0.39 is 0 Å². The maximum atomic E-state index is 8.06. The fourth-order valence-corrected chi connectivity index (χ4v) is 0. The lowest BCUT2D eigenvalue weighted by atomic mass is 10.5. The summed E-state index contributed by atoms with van der Waals surface area (Å²) >= 11 is 0. The van der Waals surface area contributed by atoms with Gasteiger partial charge in [-0.25, -0.2) is 0 Å². The van der Waals surface area contributed by atoms with Crippen molar-refractivity contribution in [3.8, 4) is 0 Å². The first-order chi connectivity index (χ1) is 2.73. The first kappa shape index (κ1) is 15.7. The third-order valence-corrected chi connectivity index (χ3v) is 0. The molecule has 0 atom stereocenters. The molecule has 0 spiro atoms. The van der Waals surface area contributed by atoms with E-state index in [-0.39, 0.29) is 18.5 Å². The molecule has 0 aromatic heterocycles. The second-order valence-corrected chi connectivity index (χ2v) is 1.09. The van der Waals surface area contributed by atoms with Crippen LogP contribution in [0.2, 0.25) is 0 Å². The highest BCUT2D eigenvalue weighted by Gasteiger charge is 1.69. The SMILES string of the molecule is CC(C)O.CN.Cl. The van der Waals surface area contributed by atoms with Gasteiger partial charge in [0, 0.05) is 6.10 Å². The summed E-state index contributed by atoms with van der Waals surface area (Å²) in [4.78, 5) is 0. The van der Waals surface area contributed by atoms with Gasteiger partial charge in [-0.2, -0.15) is 0 Å². The lowest BCUT2D eigenvalue weighted by Gasteiger charge is -1.80. The number of halogens is 1. The first-order valence-electron chi connectivity index (χ1n) is 1.99. The Labute approximate surface area is 51.1 Å². The van der Waals surface area contributed by atoms with E-state index in [1.807, 2.05) is 0 Å². The zero-order valence-corrected chi connectivity index (χ0v) is 5.83. The summed E-state index contributed by atoms with van der Waals surface area (Å²) in [5, 5.41) is 8.06. The molecule has 0 amide bonds. The Kier molecular flexibility index (Phi) is 36.7. The average Bonchev–Trinajstić information content (AvgIpc) is 1.41. The van der Waals surface area contributed by atoms with Gasteiger partial charge in [-0.3, -0.25) is 0 Å². The van der Waals surface area contributed by atoms with Crippen LogP contribution in [0.15, 0.2) is 0 Å². The van der Waals surface area contributed by atoms with Crippen LogP contribution in [-0.2, 0) is 0 Å². The summed E-state index contributed by atoms with van der Waals surface area (Å²) in [5.74, 6) is 0. The minimum Gasteiger partial charge on any atom is -0.394 e. The minimum atomic E-state index is -0.167. The maximum absolute atomic E-state index is 8.06. The predicted molar refractivity (Wildman–Crippen MR) is 34.7 cm³/mol. The highest BCUT2D eigenvalue weighted by atomic mass is 35.5. The van der Waals surface area contributed by atoms with E-state index in [1.54, 1.807) is 13.8 Å². The standard InChI is InChI=1S/C3H8O.CH5N.ClH/c1-3(2)4;1-2;/h3-4H,1-2H3;2H2,1H3;1H. The van der Waals surface area contributed by atoms with Crippen molar-refractivity contribution in [2.45, 2.75) is 20.0 Å². The molecular weight excluding hydrogens is 114 g/mol. The molecular formula is C4H14ClNO. The van der Waals surface area contributed by atoms with Crippen LogP contribution in [0.3, 0.4) is 0 Å². The average molecular weight is 128 g/mol. The predicted octanol–water partition coefficient (Wildman–Crippen LogP) is 0.384. The molecule has 0 aromatic carbocycles. The van der Waals surface area contributed by atoms with Crippen LogP contribution < -0.4 is 5.73 Å². The molecule has 2 nitrogen and oxygen atoms in total. The number of aliphatic hydroxyl groups excluding tert-OH is 1. The molecule has 0 aliphatic rings. The summed E-state index contributed by atoms with van der Waals surface area (Å²) < 4.78 is 0. The molecule has 0 bridgehead atoms. The van der Waals surface area contributed by atoms with E-state index in [0.29, 0.717) is 0 Å². The van der Waals surface area contributed by atoms with Crippen LogP contribution >= 0.6 is 12.4 Å². The summed E-state index contributed by atoms with van der Waals surface area (Å²) in [6.45, 7) is 3.44. The fourth-order valence-electron chi connectivity index (χ4n) is 0. The zero-order chi connectivity index (χ0) is 5.58. The minimum absolute atomic E-state index is 0. The van der Waals surface area contributed by atoms with E-state index in [2.05, 4.69) is 5.73 Å². The summed E-state index contributed by atoms with van der Waals surface area (Å²) in [5.41, 5.74) is 4.50. The normalized spacial score (nSPS) is 6.00. The molecule has 0 saturated carbocycles. The van der Waals surface area contributed by atoms with Gasteiger partial charge in [-0.1, -0.05) is 0 Å². The second-order valence-electron chi connectivity index (χ2n) is 1.09. The molecule has 0 saturated heterocycles. The van der Waals surface area contributed by atoms with Gasteiger partial charge in [0.15, 0.2) is 0 Å². The molecule has 0 radical (unpaired) electrons. The van der Waals surface area contributed by atoms with Gasteiger partial charge in [0.25, 0.3) is 0 Å². The third-order valence-electron chi connectivity index (χ3n) is 0. The van der Waals surface area contributed by atoms with Crippen molar-refractivity contribution in [2.24, 2.45) is 5.73 Å². The van der Waals surface area contributed by atoms with Crippen molar-refractivity contribution in [1.29, 1.82) is 0 Å². The quantitative estimate of drug-likeness (QED) is 0.495. The van der Waals surface area contributed by atoms with E-state index in [4.69, 9.17) is 5.11 Å². The number of hydrogen-bond acceptors (Lipinski definition) is 2. The van der Waals surface area contributed by atoms with Crippen LogP contribution in [0, 0.1) is 0 Å². The summed E-state index contributed by atoms with van der Waals surface area (Å²) in [6, 6.07) is 0. The van der Waals surface area contributed by atoms with Gasteiger partial charge in [-0.05, 0) is 20.9 Å². The number of nitrogens with two attached hydrogens (primary N) is 1. The van der Waals surface area contributed by atoms with Crippen LogP contribution in [-0.4, -0.2) is 18.3 Å². The molecule has 0 fully saturated rings. The second kappa shape index (κ2) is 16.4. The van der Waals surface area contributed by atoms with Gasteiger partial charge in [0.1, 0.15) is 0 Å². The Balaban J connectivity index is -0.0000000480. The molecule has 7 heavy (non-hydrogen) atoms. The summed E-state index contributed by atoms with van der Waals surface area (Å²) in [6.07, 6.45) is -0.167. The molecule has 0 aliphatic heterocycles. The molecule has 0 aromatic rings. The molecule has 0 aliphatic carbocycles. The van der Waals surface area contributed by atoms with Crippen molar-refractivity contribution in [3.63, 3.8) is 0 Å². The third kappa shape index (κ3) is 2500. The number of aliphatic hydroxyl groups is 1. The first-order valence-corrected chi connectivity index (χ1v) is 1.99. The molecule has 0 rings (SSSR count). The topological polar surface area (TPSA) is 46.2 Å². The number of rotatable bonds is 0. The van der Waals surface area contributed by atoms with E-state index in [9.17, 15) is 0 Å². The highest BCUT2D eigenvalue weighted by molar-refractivity contribution is 5.85. The van der Waals surface area contributed by atoms with E-state index in [0.717, 1.165) is 0 Å². The van der Waals surface area contributed by atoms with Gasteiger partial charge in [-0.15, -0.1) is 12.4 Å². The Hall–Kier alpha value is 0.210. The summed E-state index contributed by atoms with van der Waals surface area (Å²) in [7, 11) is 1.50. The lowest BCUT2D eigenvalue weighted by Crippen LogP contribution is -1.85. The molecule has 3 heteroatoms. The smallest absolute Gasteiger partial charge is 0.0483 e. The largest absolute Gasteiger partial charge is 0.394 e. The molecule has 0 heterocycles. The van der Waals surface area contributed by atoms with Gasteiger partial charge < -0.3 is 10.8 Å². The van der Waals surface area contributed by atoms with Gasteiger partial charge >= 0.3 is 0 Å². The van der Waals surface area contributed by atoms with Crippen molar-refractivity contribution >= 4 is 12.4 Å². The Morgan fingerprint density at radius 3 is 1.29 bits per heavy atom. The maximum Gasteiger partial charge on any atom is 0.0483 e. The van der Waals surface area contributed by atoms with Crippen LogP contribution in [0.4, 0.5) is 0 Å². The highest BCUT2D eigenvalue weighted by Crippen LogP contribution is 1.65. The Bertz CT molecular complexity index is 16.4. The molecule has 3 N–H and O–H groups in total. The van der Waals surface area contributed by atoms with E-state index in [1.165, 1.54) is 7.05 Å². The molecule has 0 unspecified atom stereocenters. The molecule has 48 valence electrons. The van der Waals surface area contributed by atoms with Gasteiger partial charge in [0.05, 0.1) is 0 Å². The van der Waals surface area contributed by atoms with E-state index >= 15 is 0 Å². The fraction of sp³-hybridized carbons (Fsp3) is 1.00. The monoisotopic (exact) mass is 127 g/mol. The Morgan fingerprint density at radius 2 is 1.29 bits per heavy atom. The number of hydrogen-bond donors (Lipinski definition) is 2. The van der Waals surface area contributed by atoms with Crippen LogP contribution in [0.25, 0.3) is 0 Å². The van der Waals surface area contributed by atoms with Gasteiger partial charge in [0.2, 0.25) is 0 Å². The van der Waals surface area contributed by atoms with Crippen molar-refractivity contribution in [3.05, 3.63) is 0 Å². The van der Waals surface area contributed by atoms with Crippen molar-refractivity contribution < 1.29 is 5.11 Å².